The lowest BCUT2D eigenvalue weighted by Crippen LogP contribution is -2.46. The van der Waals surface area contributed by atoms with Gasteiger partial charge in [0.2, 0.25) is 0 Å². The summed E-state index contributed by atoms with van der Waals surface area (Å²) >= 11 is 0. The molecule has 2 rings (SSSR count). The molecular weight excluding hydrogens is 244 g/mol. The maximum atomic E-state index is 3.88. The van der Waals surface area contributed by atoms with Crippen LogP contribution in [0, 0.1) is 11.8 Å². The average molecular weight is 280 g/mol. The molecule has 0 spiro atoms. The Hall–Kier alpha value is -0.0800. The zero-order valence-electron chi connectivity index (χ0n) is 14.0. The molecule has 0 amide bonds. The first-order valence-corrected chi connectivity index (χ1v) is 9.12. The van der Waals surface area contributed by atoms with Gasteiger partial charge in [0.05, 0.1) is 0 Å². The predicted molar refractivity (Wildman–Crippen MR) is 88.1 cm³/mol. The van der Waals surface area contributed by atoms with Crippen LogP contribution in [-0.2, 0) is 0 Å². The van der Waals surface area contributed by atoms with Crippen LogP contribution in [0.3, 0.4) is 0 Å². The molecule has 0 aromatic rings. The van der Waals surface area contributed by atoms with E-state index in [2.05, 4.69) is 31.0 Å². The lowest BCUT2D eigenvalue weighted by atomic mass is 9.81. The fraction of sp³-hybridized carbons (Fsp3) is 1.00. The van der Waals surface area contributed by atoms with Gasteiger partial charge in [-0.25, -0.2) is 0 Å². The third-order valence-corrected chi connectivity index (χ3v) is 5.30. The molecule has 1 heterocycles. The van der Waals surface area contributed by atoms with Gasteiger partial charge >= 0.3 is 0 Å². The zero-order valence-corrected chi connectivity index (χ0v) is 14.0. The first-order valence-electron chi connectivity index (χ1n) is 9.12. The summed E-state index contributed by atoms with van der Waals surface area (Å²) in [6.07, 6.45) is 11.4. The highest BCUT2D eigenvalue weighted by molar-refractivity contribution is 4.81. The molecule has 3 unspecified atom stereocenters. The summed E-state index contributed by atoms with van der Waals surface area (Å²) in [7, 11) is 0. The Morgan fingerprint density at radius 3 is 2.45 bits per heavy atom. The lowest BCUT2D eigenvalue weighted by molar-refractivity contribution is 0.161. The van der Waals surface area contributed by atoms with Crippen molar-refractivity contribution in [3.8, 4) is 0 Å². The molecule has 0 aromatic carbocycles. The molecule has 1 aliphatic heterocycles. The van der Waals surface area contributed by atoms with Crippen LogP contribution in [-0.4, -0.2) is 36.6 Å². The fourth-order valence-electron chi connectivity index (χ4n) is 4.18. The number of likely N-dealkylation sites (tertiary alicyclic amines) is 1. The minimum Gasteiger partial charge on any atom is -0.312 e. The molecule has 20 heavy (non-hydrogen) atoms. The normalized spacial score (nSPS) is 30.6. The number of nitrogens with one attached hydrogen (secondary N) is 1. The topological polar surface area (TPSA) is 15.3 Å². The van der Waals surface area contributed by atoms with Gasteiger partial charge in [0.1, 0.15) is 0 Å². The Labute approximate surface area is 126 Å². The summed E-state index contributed by atoms with van der Waals surface area (Å²) in [6, 6.07) is 1.51. The molecule has 2 nitrogen and oxygen atoms in total. The first-order chi connectivity index (χ1) is 9.65. The number of hydrogen-bond acceptors (Lipinski definition) is 2. The van der Waals surface area contributed by atoms with Crippen LogP contribution in [0.1, 0.15) is 72.1 Å². The van der Waals surface area contributed by atoms with Gasteiger partial charge in [0.15, 0.2) is 0 Å². The Kier molecular flexibility index (Phi) is 6.83. The second kappa shape index (κ2) is 8.38. The van der Waals surface area contributed by atoms with Gasteiger partial charge in [0, 0.05) is 18.6 Å². The van der Waals surface area contributed by atoms with Crippen molar-refractivity contribution in [2.24, 2.45) is 11.8 Å². The van der Waals surface area contributed by atoms with E-state index >= 15 is 0 Å². The third-order valence-electron chi connectivity index (χ3n) is 5.30. The minimum absolute atomic E-state index is 0.723. The van der Waals surface area contributed by atoms with Crippen molar-refractivity contribution in [2.75, 3.05) is 19.6 Å². The Balaban J connectivity index is 1.67. The van der Waals surface area contributed by atoms with E-state index in [9.17, 15) is 0 Å². The van der Waals surface area contributed by atoms with E-state index in [0.717, 1.165) is 23.9 Å². The van der Waals surface area contributed by atoms with E-state index < -0.39 is 0 Å². The molecule has 2 heteroatoms. The molecule has 2 fully saturated rings. The molecule has 0 aromatic heterocycles. The van der Waals surface area contributed by atoms with Gasteiger partial charge in [-0.2, -0.15) is 0 Å². The van der Waals surface area contributed by atoms with Crippen molar-refractivity contribution in [3.63, 3.8) is 0 Å². The monoisotopic (exact) mass is 280 g/mol. The third kappa shape index (κ3) is 5.37. The molecule has 1 saturated carbocycles. The molecular formula is C18H36N2. The van der Waals surface area contributed by atoms with Crippen molar-refractivity contribution in [1.82, 2.24) is 10.2 Å². The van der Waals surface area contributed by atoms with E-state index in [1.54, 1.807) is 0 Å². The molecule has 0 radical (unpaired) electrons. The maximum absolute atomic E-state index is 3.88. The van der Waals surface area contributed by atoms with E-state index in [0.29, 0.717) is 0 Å². The van der Waals surface area contributed by atoms with Crippen LogP contribution in [0.5, 0.6) is 0 Å². The highest BCUT2D eigenvalue weighted by Gasteiger charge is 2.23. The fourth-order valence-corrected chi connectivity index (χ4v) is 4.18. The number of piperidine rings is 1. The Bertz CT molecular complexity index is 258. The second-order valence-corrected chi connectivity index (χ2v) is 7.71. The highest BCUT2D eigenvalue weighted by Crippen LogP contribution is 2.29. The van der Waals surface area contributed by atoms with Gasteiger partial charge < -0.3 is 5.32 Å². The van der Waals surface area contributed by atoms with Gasteiger partial charge in [-0.1, -0.05) is 33.1 Å². The quantitative estimate of drug-likeness (QED) is 0.789. The molecule has 1 aliphatic carbocycles. The van der Waals surface area contributed by atoms with Crippen molar-refractivity contribution in [3.05, 3.63) is 0 Å². The predicted octanol–water partition coefficient (Wildman–Crippen LogP) is 4.06. The van der Waals surface area contributed by atoms with Crippen LogP contribution in [0.15, 0.2) is 0 Å². The van der Waals surface area contributed by atoms with E-state index in [4.69, 9.17) is 0 Å². The number of nitrogens with zero attached hydrogens (tertiary/aromatic N) is 1. The van der Waals surface area contributed by atoms with Crippen LogP contribution in [0.4, 0.5) is 0 Å². The summed E-state index contributed by atoms with van der Waals surface area (Å²) in [5.74, 6) is 1.84. The molecule has 3 atom stereocenters. The van der Waals surface area contributed by atoms with Crippen LogP contribution < -0.4 is 5.32 Å². The highest BCUT2D eigenvalue weighted by atomic mass is 15.2. The van der Waals surface area contributed by atoms with Crippen LogP contribution in [0.2, 0.25) is 0 Å². The number of hydrogen-bond donors (Lipinski definition) is 1. The molecule has 0 bridgehead atoms. The van der Waals surface area contributed by atoms with Crippen molar-refractivity contribution in [2.45, 2.75) is 84.2 Å². The minimum atomic E-state index is 0.723. The maximum Gasteiger partial charge on any atom is 0.0192 e. The summed E-state index contributed by atoms with van der Waals surface area (Å²) < 4.78 is 0. The summed E-state index contributed by atoms with van der Waals surface area (Å²) in [6.45, 7) is 11.0. The second-order valence-electron chi connectivity index (χ2n) is 7.71. The smallest absolute Gasteiger partial charge is 0.0192 e. The molecule has 1 saturated heterocycles. The van der Waals surface area contributed by atoms with Crippen LogP contribution >= 0.6 is 0 Å². The molecule has 1 N–H and O–H groups in total. The van der Waals surface area contributed by atoms with E-state index in [-0.39, 0.29) is 0 Å². The van der Waals surface area contributed by atoms with Gasteiger partial charge in [0.25, 0.3) is 0 Å². The average Bonchev–Trinajstić information content (AvgIpc) is 2.45. The zero-order chi connectivity index (χ0) is 14.4. The van der Waals surface area contributed by atoms with E-state index in [1.807, 2.05) is 0 Å². The van der Waals surface area contributed by atoms with Crippen molar-refractivity contribution in [1.29, 1.82) is 0 Å². The largest absolute Gasteiger partial charge is 0.312 e. The first kappa shape index (κ1) is 16.3. The molecule has 118 valence electrons. The SMILES string of the molecule is CC(C)CC1CCCC(NCC(C)N2CCCCC2)C1. The van der Waals surface area contributed by atoms with E-state index in [1.165, 1.54) is 71.0 Å². The van der Waals surface area contributed by atoms with Gasteiger partial charge in [-0.15, -0.1) is 0 Å². The lowest BCUT2D eigenvalue weighted by Gasteiger charge is -2.35. The summed E-state index contributed by atoms with van der Waals surface area (Å²) in [5, 5.41) is 3.88. The number of rotatable bonds is 6. The van der Waals surface area contributed by atoms with Crippen LogP contribution in [0.25, 0.3) is 0 Å². The van der Waals surface area contributed by atoms with Crippen molar-refractivity contribution < 1.29 is 0 Å². The van der Waals surface area contributed by atoms with Gasteiger partial charge in [-0.3, -0.25) is 4.90 Å². The Morgan fingerprint density at radius 2 is 1.75 bits per heavy atom. The van der Waals surface area contributed by atoms with Gasteiger partial charge in [-0.05, 0) is 64.0 Å². The standard InChI is InChI=1S/C18H36N2/c1-15(2)12-17-8-7-9-18(13-17)19-14-16(3)20-10-5-4-6-11-20/h15-19H,4-14H2,1-3H3. The summed E-state index contributed by atoms with van der Waals surface area (Å²) in [4.78, 5) is 2.69. The Morgan fingerprint density at radius 1 is 1.00 bits per heavy atom. The van der Waals surface area contributed by atoms with Crippen molar-refractivity contribution >= 4 is 0 Å². The molecule has 2 aliphatic rings. The summed E-state index contributed by atoms with van der Waals surface area (Å²) in [5.41, 5.74) is 0.